The Morgan fingerprint density at radius 1 is 1.00 bits per heavy atom. The van der Waals surface area contributed by atoms with E-state index in [0.29, 0.717) is 17.2 Å². The molecule has 4 aromatic rings. The van der Waals surface area contributed by atoms with Crippen LogP contribution in [-0.4, -0.2) is 32.1 Å². The van der Waals surface area contributed by atoms with Crippen LogP contribution in [0.5, 0.6) is 5.75 Å². The van der Waals surface area contributed by atoms with Crippen molar-refractivity contribution in [3.63, 3.8) is 0 Å². The van der Waals surface area contributed by atoms with Gasteiger partial charge in [0, 0.05) is 31.4 Å². The predicted molar refractivity (Wildman–Crippen MR) is 124 cm³/mol. The zero-order valence-electron chi connectivity index (χ0n) is 17.2. The van der Waals surface area contributed by atoms with Crippen molar-refractivity contribution in [1.29, 1.82) is 0 Å². The molecule has 0 saturated carbocycles. The van der Waals surface area contributed by atoms with Crippen LogP contribution in [0.2, 0.25) is 0 Å². The summed E-state index contributed by atoms with van der Waals surface area (Å²) in [7, 11) is 5.60. The lowest BCUT2D eigenvalue weighted by molar-refractivity contribution is 0.0985. The molecule has 0 radical (unpaired) electrons. The third kappa shape index (κ3) is 4.14. The van der Waals surface area contributed by atoms with Crippen LogP contribution >= 0.6 is 11.3 Å². The Morgan fingerprint density at radius 2 is 1.73 bits per heavy atom. The van der Waals surface area contributed by atoms with Crippen LogP contribution in [0.1, 0.15) is 15.9 Å². The fraction of sp³-hybridized carbons (Fsp3) is 0.167. The van der Waals surface area contributed by atoms with Gasteiger partial charge < -0.3 is 9.64 Å². The molecule has 152 valence electrons. The highest BCUT2D eigenvalue weighted by molar-refractivity contribution is 7.22. The van der Waals surface area contributed by atoms with E-state index in [4.69, 9.17) is 9.72 Å². The monoisotopic (exact) mass is 417 g/mol. The normalized spacial score (nSPS) is 10.8. The van der Waals surface area contributed by atoms with Crippen LogP contribution in [-0.2, 0) is 6.54 Å². The molecule has 0 aliphatic heterocycles. The van der Waals surface area contributed by atoms with E-state index in [-0.39, 0.29) is 5.91 Å². The minimum atomic E-state index is -0.0739. The molecule has 0 unspecified atom stereocenters. The third-order valence-corrected chi connectivity index (χ3v) is 5.93. The van der Waals surface area contributed by atoms with Crippen molar-refractivity contribution in [2.75, 3.05) is 31.0 Å². The summed E-state index contributed by atoms with van der Waals surface area (Å²) in [6.07, 6.45) is 0. The zero-order chi connectivity index (χ0) is 21.1. The Morgan fingerprint density at radius 3 is 2.40 bits per heavy atom. The summed E-state index contributed by atoms with van der Waals surface area (Å²) in [5.41, 5.74) is 3.55. The molecule has 0 aliphatic carbocycles. The van der Waals surface area contributed by atoms with E-state index in [1.807, 2.05) is 91.8 Å². The van der Waals surface area contributed by atoms with E-state index in [9.17, 15) is 4.79 Å². The van der Waals surface area contributed by atoms with Crippen molar-refractivity contribution in [2.24, 2.45) is 0 Å². The molecule has 4 rings (SSSR count). The molecule has 1 aromatic heterocycles. The van der Waals surface area contributed by atoms with Gasteiger partial charge in [0.2, 0.25) is 0 Å². The van der Waals surface area contributed by atoms with Crippen LogP contribution < -0.4 is 14.5 Å². The number of benzene rings is 3. The number of hydrogen-bond acceptors (Lipinski definition) is 5. The van der Waals surface area contributed by atoms with Crippen LogP contribution in [0, 0.1) is 0 Å². The lowest BCUT2D eigenvalue weighted by Crippen LogP contribution is -2.30. The Labute approximate surface area is 180 Å². The number of ether oxygens (including phenoxy) is 1. The molecule has 0 saturated heterocycles. The summed E-state index contributed by atoms with van der Waals surface area (Å²) >= 11 is 1.51. The molecule has 0 atom stereocenters. The Bertz CT molecular complexity index is 1150. The Hall–Kier alpha value is -3.38. The highest BCUT2D eigenvalue weighted by Crippen LogP contribution is 2.33. The number of hydrogen-bond donors (Lipinski definition) is 0. The quantitative estimate of drug-likeness (QED) is 0.432. The summed E-state index contributed by atoms with van der Waals surface area (Å²) in [6, 6.07) is 23.4. The van der Waals surface area contributed by atoms with Crippen LogP contribution in [0.4, 0.5) is 10.8 Å². The maximum atomic E-state index is 13.5. The number of anilines is 2. The Balaban J connectivity index is 1.73. The third-order valence-electron chi connectivity index (χ3n) is 4.87. The van der Waals surface area contributed by atoms with Gasteiger partial charge in [-0.15, -0.1) is 0 Å². The first-order valence-corrected chi connectivity index (χ1v) is 10.4. The van der Waals surface area contributed by atoms with Gasteiger partial charge in [0.05, 0.1) is 23.9 Å². The van der Waals surface area contributed by atoms with Gasteiger partial charge in [-0.2, -0.15) is 0 Å². The van der Waals surface area contributed by atoms with Gasteiger partial charge in [-0.1, -0.05) is 41.7 Å². The standard InChI is InChI=1S/C24H23N3O2S/c1-26(2)19-11-9-18(10-12-19)23(28)27(16-17-7-5-4-6-8-17)24-25-21-15-20(29-3)13-14-22(21)30-24/h4-15H,16H2,1-3H3. The summed E-state index contributed by atoms with van der Waals surface area (Å²) in [5, 5.41) is 0.670. The maximum absolute atomic E-state index is 13.5. The number of carbonyl (C=O) groups excluding carboxylic acids is 1. The second-order valence-corrected chi connectivity index (χ2v) is 8.16. The van der Waals surface area contributed by atoms with Gasteiger partial charge in [0.25, 0.3) is 5.91 Å². The number of fused-ring (bicyclic) bond motifs is 1. The number of aromatic nitrogens is 1. The van der Waals surface area contributed by atoms with Crippen LogP contribution in [0.15, 0.2) is 72.8 Å². The average molecular weight is 418 g/mol. The largest absolute Gasteiger partial charge is 0.497 e. The number of carbonyl (C=O) groups is 1. The van der Waals surface area contributed by atoms with Crippen molar-refractivity contribution in [3.8, 4) is 5.75 Å². The first-order chi connectivity index (χ1) is 14.5. The van der Waals surface area contributed by atoms with Gasteiger partial charge in [0.1, 0.15) is 5.75 Å². The lowest BCUT2D eigenvalue weighted by atomic mass is 10.1. The molecule has 3 aromatic carbocycles. The second-order valence-electron chi connectivity index (χ2n) is 7.15. The van der Waals surface area contributed by atoms with Gasteiger partial charge >= 0.3 is 0 Å². The van der Waals surface area contributed by atoms with E-state index in [1.165, 1.54) is 11.3 Å². The fourth-order valence-electron chi connectivity index (χ4n) is 3.19. The molecular weight excluding hydrogens is 394 g/mol. The molecule has 30 heavy (non-hydrogen) atoms. The molecule has 0 fully saturated rings. The van der Waals surface area contributed by atoms with E-state index in [0.717, 1.165) is 27.2 Å². The second kappa shape index (κ2) is 8.55. The molecule has 0 aliphatic rings. The summed E-state index contributed by atoms with van der Waals surface area (Å²) in [6.45, 7) is 0.450. The van der Waals surface area contributed by atoms with Crippen molar-refractivity contribution < 1.29 is 9.53 Å². The van der Waals surface area contributed by atoms with Crippen LogP contribution in [0.25, 0.3) is 10.2 Å². The van der Waals surface area contributed by atoms with Crippen molar-refractivity contribution in [2.45, 2.75) is 6.54 Å². The average Bonchev–Trinajstić information content (AvgIpc) is 3.20. The maximum Gasteiger partial charge on any atom is 0.260 e. The molecular formula is C24H23N3O2S. The number of methoxy groups -OCH3 is 1. The first kappa shape index (κ1) is 19.9. The lowest BCUT2D eigenvalue weighted by Gasteiger charge is -2.21. The predicted octanol–water partition coefficient (Wildman–Crippen LogP) is 5.22. The summed E-state index contributed by atoms with van der Waals surface area (Å²) in [4.78, 5) is 22.0. The highest BCUT2D eigenvalue weighted by Gasteiger charge is 2.22. The van der Waals surface area contributed by atoms with Gasteiger partial charge in [-0.25, -0.2) is 4.98 Å². The number of nitrogens with zero attached hydrogens (tertiary/aromatic N) is 3. The number of rotatable bonds is 6. The fourth-order valence-corrected chi connectivity index (χ4v) is 4.13. The van der Waals surface area contributed by atoms with Crippen LogP contribution in [0.3, 0.4) is 0 Å². The molecule has 0 bridgehead atoms. The number of amides is 1. The zero-order valence-corrected chi connectivity index (χ0v) is 18.0. The molecule has 6 heteroatoms. The molecule has 0 spiro atoms. The minimum absolute atomic E-state index is 0.0739. The van der Waals surface area contributed by atoms with E-state index in [1.54, 1.807) is 12.0 Å². The molecule has 5 nitrogen and oxygen atoms in total. The van der Waals surface area contributed by atoms with E-state index >= 15 is 0 Å². The highest BCUT2D eigenvalue weighted by atomic mass is 32.1. The van der Waals surface area contributed by atoms with Crippen molar-refractivity contribution in [1.82, 2.24) is 4.98 Å². The smallest absolute Gasteiger partial charge is 0.260 e. The molecule has 0 N–H and O–H groups in total. The summed E-state index contributed by atoms with van der Waals surface area (Å²) in [5.74, 6) is 0.676. The first-order valence-electron chi connectivity index (χ1n) is 9.63. The SMILES string of the molecule is COc1ccc2sc(N(Cc3ccccc3)C(=O)c3ccc(N(C)C)cc3)nc2c1. The summed E-state index contributed by atoms with van der Waals surface area (Å²) < 4.78 is 6.33. The topological polar surface area (TPSA) is 45.7 Å². The van der Waals surface area contributed by atoms with Gasteiger partial charge in [0.15, 0.2) is 5.13 Å². The Kier molecular flexibility index (Phi) is 5.68. The van der Waals surface area contributed by atoms with Gasteiger partial charge in [-0.05, 0) is 42.0 Å². The van der Waals surface area contributed by atoms with Gasteiger partial charge in [-0.3, -0.25) is 9.69 Å². The van der Waals surface area contributed by atoms with E-state index in [2.05, 4.69) is 0 Å². The van der Waals surface area contributed by atoms with Crippen molar-refractivity contribution in [3.05, 3.63) is 83.9 Å². The number of thiazole rings is 1. The van der Waals surface area contributed by atoms with E-state index < -0.39 is 0 Å². The molecule has 1 heterocycles. The minimum Gasteiger partial charge on any atom is -0.497 e. The molecule has 1 amide bonds. The van der Waals surface area contributed by atoms with Crippen molar-refractivity contribution >= 4 is 38.3 Å².